The van der Waals surface area contributed by atoms with Gasteiger partial charge in [0.1, 0.15) is 0 Å². The van der Waals surface area contributed by atoms with Crippen LogP contribution in [0.3, 0.4) is 0 Å². The number of nitrogens with one attached hydrogen (secondary N) is 1. The van der Waals surface area contributed by atoms with Gasteiger partial charge in [-0.25, -0.2) is 5.43 Å². The average molecular weight is 431 g/mol. The molecule has 0 unspecified atom stereocenters. The molecule has 2 rings (SSSR count). The Morgan fingerprint density at radius 3 is 1.87 bits per heavy atom. The van der Waals surface area contributed by atoms with E-state index in [4.69, 9.17) is 23.7 Å². The summed E-state index contributed by atoms with van der Waals surface area (Å²) in [5, 5.41) is 4.22. The van der Waals surface area contributed by atoms with Gasteiger partial charge in [0, 0.05) is 11.1 Å². The molecule has 0 aliphatic rings. The summed E-state index contributed by atoms with van der Waals surface area (Å²) >= 11 is 0. The van der Waals surface area contributed by atoms with Gasteiger partial charge in [0.2, 0.25) is 5.75 Å². The third-order valence-corrected chi connectivity index (χ3v) is 4.30. The summed E-state index contributed by atoms with van der Waals surface area (Å²) < 4.78 is 27.6. The first-order chi connectivity index (χ1) is 15.0. The van der Waals surface area contributed by atoms with E-state index in [-0.39, 0.29) is 0 Å². The van der Waals surface area contributed by atoms with Crippen LogP contribution >= 0.6 is 0 Å². The molecule has 0 aliphatic carbocycles. The number of methoxy groups -OCH3 is 2. The molecule has 168 valence electrons. The molecule has 1 amide bonds. The molecule has 2 aromatic rings. The summed E-state index contributed by atoms with van der Waals surface area (Å²) in [5.41, 5.74) is 4.32. The van der Waals surface area contributed by atoms with Crippen molar-refractivity contribution in [2.45, 2.75) is 27.7 Å². The maximum Gasteiger partial charge on any atom is 0.271 e. The van der Waals surface area contributed by atoms with Gasteiger partial charge >= 0.3 is 0 Å². The maximum atomic E-state index is 12.8. The summed E-state index contributed by atoms with van der Waals surface area (Å²) in [6.07, 6.45) is 0. The molecule has 31 heavy (non-hydrogen) atoms. The van der Waals surface area contributed by atoms with Gasteiger partial charge in [-0.05, 0) is 58.0 Å². The molecule has 1 N–H and O–H groups in total. The molecule has 2 aromatic carbocycles. The largest absolute Gasteiger partial charge is 0.493 e. The number of hydrogen-bond donors (Lipinski definition) is 1. The number of hydrazone groups is 1. The van der Waals surface area contributed by atoms with Crippen molar-refractivity contribution in [2.75, 3.05) is 34.0 Å². The number of carbonyl (C=O) groups excluding carboxylic acids is 1. The van der Waals surface area contributed by atoms with Gasteiger partial charge in [-0.1, -0.05) is 0 Å². The number of benzene rings is 2. The quantitative estimate of drug-likeness (QED) is 0.427. The fourth-order valence-corrected chi connectivity index (χ4v) is 2.84. The monoisotopic (exact) mass is 430 g/mol. The van der Waals surface area contributed by atoms with Crippen molar-refractivity contribution in [3.63, 3.8) is 0 Å². The van der Waals surface area contributed by atoms with Crippen molar-refractivity contribution in [3.05, 3.63) is 41.5 Å². The van der Waals surface area contributed by atoms with Crippen LogP contribution in [0.25, 0.3) is 0 Å². The third kappa shape index (κ3) is 6.04. The van der Waals surface area contributed by atoms with Gasteiger partial charge in [-0.15, -0.1) is 0 Å². The minimum absolute atomic E-state index is 0.346. The number of rotatable bonds is 11. The number of amides is 1. The predicted octanol–water partition coefficient (Wildman–Crippen LogP) is 4.05. The van der Waals surface area contributed by atoms with E-state index in [9.17, 15) is 4.79 Å². The van der Waals surface area contributed by atoms with Gasteiger partial charge in [-0.2, -0.15) is 5.10 Å². The van der Waals surface area contributed by atoms with E-state index in [1.54, 1.807) is 45.4 Å². The highest BCUT2D eigenvalue weighted by atomic mass is 16.5. The zero-order valence-electron chi connectivity index (χ0n) is 18.9. The Bertz CT molecular complexity index is 899. The highest BCUT2D eigenvalue weighted by Crippen LogP contribution is 2.39. The number of nitrogens with zero attached hydrogens (tertiary/aromatic N) is 1. The molecular weight excluding hydrogens is 400 g/mol. The summed E-state index contributed by atoms with van der Waals surface area (Å²) in [6.45, 7) is 8.68. The van der Waals surface area contributed by atoms with Gasteiger partial charge in [0.25, 0.3) is 5.91 Å². The number of hydrogen-bond acceptors (Lipinski definition) is 7. The highest BCUT2D eigenvalue weighted by Gasteiger charge is 2.18. The Labute approximate surface area is 183 Å². The van der Waals surface area contributed by atoms with Crippen molar-refractivity contribution in [1.82, 2.24) is 5.43 Å². The van der Waals surface area contributed by atoms with Gasteiger partial charge < -0.3 is 23.7 Å². The summed E-state index contributed by atoms with van der Waals surface area (Å²) in [7, 11) is 3.14. The van der Waals surface area contributed by atoms with Crippen molar-refractivity contribution >= 4 is 11.6 Å². The molecule has 0 bridgehead atoms. The standard InChI is InChI=1S/C23H30N2O6/c1-7-29-20-13-17(14-21(30-8-2)22(20)31-9-3)23(26)25-24-15(4)16-10-11-18(27-5)19(12-16)28-6/h10-14H,7-9H2,1-6H3,(H,25,26)/b24-15-. The van der Waals surface area contributed by atoms with Crippen LogP contribution < -0.4 is 29.1 Å². The fraction of sp³-hybridized carbons (Fsp3) is 0.391. The second-order valence-electron chi connectivity index (χ2n) is 6.31. The average Bonchev–Trinajstić information content (AvgIpc) is 2.78. The van der Waals surface area contributed by atoms with Crippen LogP contribution in [-0.2, 0) is 0 Å². The van der Waals surface area contributed by atoms with Crippen LogP contribution in [0.15, 0.2) is 35.4 Å². The first-order valence-electron chi connectivity index (χ1n) is 10.1. The Morgan fingerprint density at radius 2 is 1.35 bits per heavy atom. The van der Waals surface area contributed by atoms with Crippen molar-refractivity contribution < 1.29 is 28.5 Å². The molecule has 0 atom stereocenters. The molecule has 0 aromatic heterocycles. The minimum Gasteiger partial charge on any atom is -0.493 e. The van der Waals surface area contributed by atoms with Crippen LogP contribution in [0, 0.1) is 0 Å². The van der Waals surface area contributed by atoms with Crippen molar-refractivity contribution in [1.29, 1.82) is 0 Å². The second kappa shape index (κ2) is 11.7. The van der Waals surface area contributed by atoms with Crippen LogP contribution in [-0.4, -0.2) is 45.7 Å². The molecular formula is C23H30N2O6. The van der Waals surface area contributed by atoms with E-state index in [0.29, 0.717) is 59.8 Å². The summed E-state index contributed by atoms with van der Waals surface area (Å²) in [6, 6.07) is 8.65. The molecule has 0 saturated heterocycles. The Kier molecular flexibility index (Phi) is 8.99. The minimum atomic E-state index is -0.398. The van der Waals surface area contributed by atoms with Crippen LogP contribution in [0.2, 0.25) is 0 Å². The van der Waals surface area contributed by atoms with Gasteiger partial charge in [0.15, 0.2) is 23.0 Å². The third-order valence-electron chi connectivity index (χ3n) is 4.30. The topological polar surface area (TPSA) is 87.6 Å². The van der Waals surface area contributed by atoms with Gasteiger partial charge in [-0.3, -0.25) is 4.79 Å². The molecule has 0 fully saturated rings. The zero-order valence-corrected chi connectivity index (χ0v) is 18.9. The summed E-state index contributed by atoms with van der Waals surface area (Å²) in [4.78, 5) is 12.8. The predicted molar refractivity (Wildman–Crippen MR) is 119 cm³/mol. The van der Waals surface area contributed by atoms with Gasteiger partial charge in [0.05, 0.1) is 39.8 Å². The molecule has 0 aliphatic heterocycles. The smallest absolute Gasteiger partial charge is 0.271 e. The lowest BCUT2D eigenvalue weighted by Crippen LogP contribution is -2.20. The van der Waals surface area contributed by atoms with E-state index in [1.165, 1.54) is 0 Å². The fourth-order valence-electron chi connectivity index (χ4n) is 2.84. The zero-order chi connectivity index (χ0) is 22.8. The second-order valence-corrected chi connectivity index (χ2v) is 6.31. The Morgan fingerprint density at radius 1 is 0.806 bits per heavy atom. The molecule has 0 spiro atoms. The molecule has 0 radical (unpaired) electrons. The van der Waals surface area contributed by atoms with Crippen LogP contribution in [0.5, 0.6) is 28.7 Å². The first kappa shape index (κ1) is 23.9. The number of carbonyl (C=O) groups is 1. The van der Waals surface area contributed by atoms with Crippen LogP contribution in [0.4, 0.5) is 0 Å². The molecule has 0 saturated carbocycles. The van der Waals surface area contributed by atoms with E-state index in [0.717, 1.165) is 5.56 Å². The van der Waals surface area contributed by atoms with Crippen molar-refractivity contribution in [3.8, 4) is 28.7 Å². The molecule has 0 heterocycles. The highest BCUT2D eigenvalue weighted by molar-refractivity contribution is 6.01. The van der Waals surface area contributed by atoms with Crippen LogP contribution in [0.1, 0.15) is 43.6 Å². The van der Waals surface area contributed by atoms with E-state index in [1.807, 2.05) is 26.8 Å². The van der Waals surface area contributed by atoms with Crippen molar-refractivity contribution in [2.24, 2.45) is 5.10 Å². The SMILES string of the molecule is CCOc1cc(C(=O)N/N=C(/C)c2ccc(OC)c(OC)c2)cc(OCC)c1OCC. The molecule has 8 nitrogen and oxygen atoms in total. The summed E-state index contributed by atoms with van der Waals surface area (Å²) in [5.74, 6) is 2.17. The normalized spacial score (nSPS) is 11.0. The van der Waals surface area contributed by atoms with E-state index < -0.39 is 5.91 Å². The number of ether oxygens (including phenoxy) is 5. The first-order valence-corrected chi connectivity index (χ1v) is 10.1. The Hall–Kier alpha value is -3.42. The lowest BCUT2D eigenvalue weighted by atomic mass is 10.1. The van der Waals surface area contributed by atoms with E-state index in [2.05, 4.69) is 10.5 Å². The lowest BCUT2D eigenvalue weighted by molar-refractivity contribution is 0.0953. The molecule has 8 heteroatoms. The lowest BCUT2D eigenvalue weighted by Gasteiger charge is -2.16. The maximum absolute atomic E-state index is 12.8. The van der Waals surface area contributed by atoms with E-state index >= 15 is 0 Å². The Balaban J connectivity index is 2.29.